The molecule has 1 amide bonds. The lowest BCUT2D eigenvalue weighted by atomic mass is 10.1. The minimum Gasteiger partial charge on any atom is -0.352 e. The number of carbonyl (C=O) groups excluding carboxylic acids is 1. The molecule has 0 saturated carbocycles. The van der Waals surface area contributed by atoms with Gasteiger partial charge in [0, 0.05) is 23.7 Å². The van der Waals surface area contributed by atoms with E-state index in [0.29, 0.717) is 17.7 Å². The molecule has 0 aromatic heterocycles. The number of nitrogens with zero attached hydrogens (tertiary/aromatic N) is 1. The average Bonchev–Trinajstić information content (AvgIpc) is 2.34. The third-order valence-electron chi connectivity index (χ3n) is 2.59. The van der Waals surface area contributed by atoms with Gasteiger partial charge in [-0.05, 0) is 30.3 Å². The average molecular weight is 362 g/mol. The van der Waals surface area contributed by atoms with Crippen LogP contribution in [0.1, 0.15) is 28.8 Å². The number of alkyl halides is 1. The molecule has 0 fully saturated rings. The first kappa shape index (κ1) is 14.9. The van der Waals surface area contributed by atoms with Crippen molar-refractivity contribution < 1.29 is 9.72 Å². The van der Waals surface area contributed by atoms with Crippen molar-refractivity contribution in [2.45, 2.75) is 19.8 Å². The summed E-state index contributed by atoms with van der Waals surface area (Å²) in [4.78, 5) is 22.2. The molecular weight excluding hydrogens is 347 g/mol. The van der Waals surface area contributed by atoms with Gasteiger partial charge in [-0.25, -0.2) is 0 Å². The van der Waals surface area contributed by atoms with Gasteiger partial charge in [-0.1, -0.05) is 28.7 Å². The van der Waals surface area contributed by atoms with Crippen molar-refractivity contribution >= 4 is 34.2 Å². The summed E-state index contributed by atoms with van der Waals surface area (Å²) in [6.07, 6.45) is 1.97. The number of benzene rings is 1. The van der Waals surface area contributed by atoms with Crippen molar-refractivity contribution in [1.82, 2.24) is 5.32 Å². The summed E-state index contributed by atoms with van der Waals surface area (Å²) < 4.78 is 1.06. The van der Waals surface area contributed by atoms with Crippen LogP contribution in [0.5, 0.6) is 0 Å². The maximum absolute atomic E-state index is 11.9. The number of nitro benzene ring substituents is 1. The van der Waals surface area contributed by atoms with E-state index in [1.807, 2.05) is 0 Å². The fourth-order valence-electron chi connectivity index (χ4n) is 1.58. The molecule has 0 bridgehead atoms. The van der Waals surface area contributed by atoms with Gasteiger partial charge in [0.15, 0.2) is 0 Å². The zero-order valence-electron chi connectivity index (χ0n) is 10.1. The number of halogens is 1. The van der Waals surface area contributed by atoms with Crippen molar-refractivity contribution in [3.8, 4) is 0 Å². The number of carbonyl (C=O) groups is 1. The fourth-order valence-corrected chi connectivity index (χ4v) is 2.12. The summed E-state index contributed by atoms with van der Waals surface area (Å²) in [6, 6.07) is 4.54. The first-order valence-corrected chi connectivity index (χ1v) is 7.18. The van der Waals surface area contributed by atoms with Gasteiger partial charge >= 0.3 is 0 Å². The molecule has 1 aromatic carbocycles. The van der Waals surface area contributed by atoms with E-state index in [1.165, 1.54) is 12.1 Å². The van der Waals surface area contributed by atoms with Crippen molar-refractivity contribution in [2.75, 3.05) is 11.0 Å². The summed E-state index contributed by atoms with van der Waals surface area (Å²) in [5.41, 5.74) is 0.766. The Kier molecular flexibility index (Phi) is 6.03. The second-order valence-electron chi connectivity index (χ2n) is 3.86. The molecule has 0 aliphatic rings. The molecule has 0 spiro atoms. The van der Waals surface area contributed by atoms with Crippen LogP contribution in [0.2, 0.25) is 0 Å². The third-order valence-corrected chi connectivity index (χ3v) is 3.36. The Bertz CT molecular complexity index is 449. The molecule has 0 saturated heterocycles. The molecule has 0 atom stereocenters. The number of unbranched alkanes of at least 4 members (excludes halogenated alkanes) is 1. The zero-order chi connectivity index (χ0) is 13.5. The number of amides is 1. The molecule has 1 rings (SSSR count). The Labute approximate surface area is 119 Å². The molecule has 0 aliphatic heterocycles. The number of nitro groups is 1. The highest BCUT2D eigenvalue weighted by Gasteiger charge is 2.17. The normalized spacial score (nSPS) is 10.1. The van der Waals surface area contributed by atoms with E-state index in [4.69, 9.17) is 0 Å². The van der Waals surface area contributed by atoms with Gasteiger partial charge in [0.25, 0.3) is 11.6 Å². The number of hydrogen-bond donors (Lipinski definition) is 1. The molecule has 1 N–H and O–H groups in total. The Morgan fingerprint density at radius 1 is 1.44 bits per heavy atom. The quantitative estimate of drug-likeness (QED) is 0.278. The highest BCUT2D eigenvalue weighted by Crippen LogP contribution is 2.20. The van der Waals surface area contributed by atoms with Crippen molar-refractivity contribution in [3.05, 3.63) is 39.4 Å². The van der Waals surface area contributed by atoms with Crippen molar-refractivity contribution in [2.24, 2.45) is 0 Å². The standard InChI is InChI=1S/C12H15IN2O3/c1-9-10(5-4-6-11(9)15(17)18)12(16)14-8-3-2-7-13/h4-6H,2-3,7-8H2,1H3,(H,14,16). The third kappa shape index (κ3) is 3.94. The van der Waals surface area contributed by atoms with Crippen LogP contribution in [0.25, 0.3) is 0 Å². The highest BCUT2D eigenvalue weighted by atomic mass is 127. The first-order valence-electron chi connectivity index (χ1n) is 5.66. The van der Waals surface area contributed by atoms with Crippen LogP contribution < -0.4 is 5.32 Å². The second kappa shape index (κ2) is 7.30. The molecular formula is C12H15IN2O3. The van der Waals surface area contributed by atoms with Crippen LogP contribution >= 0.6 is 22.6 Å². The number of rotatable bonds is 6. The van der Waals surface area contributed by atoms with Gasteiger partial charge in [0.05, 0.1) is 4.92 Å². The van der Waals surface area contributed by atoms with Crippen LogP contribution in [-0.2, 0) is 0 Å². The maximum Gasteiger partial charge on any atom is 0.273 e. The maximum atomic E-state index is 11.9. The minimum absolute atomic E-state index is 0.0186. The SMILES string of the molecule is Cc1c(C(=O)NCCCCI)cccc1[N+](=O)[O-]. The summed E-state index contributed by atoms with van der Waals surface area (Å²) >= 11 is 2.29. The Hall–Kier alpha value is -1.18. The highest BCUT2D eigenvalue weighted by molar-refractivity contribution is 14.1. The molecule has 0 unspecified atom stereocenters. The van der Waals surface area contributed by atoms with Crippen LogP contribution in [0.15, 0.2) is 18.2 Å². The topological polar surface area (TPSA) is 72.2 Å². The van der Waals surface area contributed by atoms with Gasteiger partial charge in [0.2, 0.25) is 0 Å². The lowest BCUT2D eigenvalue weighted by Crippen LogP contribution is -2.25. The molecule has 1 aromatic rings. The fraction of sp³-hybridized carbons (Fsp3) is 0.417. The van der Waals surface area contributed by atoms with Crippen LogP contribution in [0.4, 0.5) is 5.69 Å². The summed E-state index contributed by atoms with van der Waals surface area (Å²) in [7, 11) is 0. The smallest absolute Gasteiger partial charge is 0.273 e. The molecule has 98 valence electrons. The van der Waals surface area contributed by atoms with Gasteiger partial charge < -0.3 is 5.32 Å². The largest absolute Gasteiger partial charge is 0.352 e. The lowest BCUT2D eigenvalue weighted by molar-refractivity contribution is -0.385. The van der Waals surface area contributed by atoms with Gasteiger partial charge in [-0.2, -0.15) is 0 Å². The van der Waals surface area contributed by atoms with Crippen molar-refractivity contribution in [3.63, 3.8) is 0 Å². The number of nitrogens with one attached hydrogen (secondary N) is 1. The molecule has 6 heteroatoms. The van der Waals surface area contributed by atoms with Crippen LogP contribution in [0, 0.1) is 17.0 Å². The second-order valence-corrected chi connectivity index (χ2v) is 4.94. The predicted octanol–water partition coefficient (Wildman–Crippen LogP) is 2.85. The zero-order valence-corrected chi connectivity index (χ0v) is 12.3. The van der Waals surface area contributed by atoms with E-state index in [-0.39, 0.29) is 11.6 Å². The van der Waals surface area contributed by atoms with E-state index in [1.54, 1.807) is 13.0 Å². The van der Waals surface area contributed by atoms with Gasteiger partial charge in [0.1, 0.15) is 0 Å². The van der Waals surface area contributed by atoms with Crippen LogP contribution in [0.3, 0.4) is 0 Å². The predicted molar refractivity (Wildman–Crippen MR) is 78.3 cm³/mol. The molecule has 0 heterocycles. The van der Waals surface area contributed by atoms with Crippen molar-refractivity contribution in [1.29, 1.82) is 0 Å². The Morgan fingerprint density at radius 2 is 2.17 bits per heavy atom. The summed E-state index contributed by atoms with van der Waals surface area (Å²) in [6.45, 7) is 2.20. The number of hydrogen-bond acceptors (Lipinski definition) is 3. The Balaban J connectivity index is 2.74. The van der Waals surface area contributed by atoms with E-state index in [0.717, 1.165) is 17.3 Å². The molecule has 18 heavy (non-hydrogen) atoms. The lowest BCUT2D eigenvalue weighted by Gasteiger charge is -2.07. The van der Waals surface area contributed by atoms with E-state index in [2.05, 4.69) is 27.9 Å². The van der Waals surface area contributed by atoms with E-state index < -0.39 is 4.92 Å². The minimum atomic E-state index is -0.470. The van der Waals surface area contributed by atoms with E-state index >= 15 is 0 Å². The molecule has 0 radical (unpaired) electrons. The van der Waals surface area contributed by atoms with Gasteiger partial charge in [-0.3, -0.25) is 14.9 Å². The summed E-state index contributed by atoms with van der Waals surface area (Å²) in [5.74, 6) is -0.246. The monoisotopic (exact) mass is 362 g/mol. The van der Waals surface area contributed by atoms with Gasteiger partial charge in [-0.15, -0.1) is 0 Å². The Morgan fingerprint density at radius 3 is 2.78 bits per heavy atom. The molecule has 0 aliphatic carbocycles. The van der Waals surface area contributed by atoms with E-state index in [9.17, 15) is 14.9 Å². The van der Waals surface area contributed by atoms with Crippen LogP contribution in [-0.4, -0.2) is 21.8 Å². The first-order chi connectivity index (χ1) is 8.57. The summed E-state index contributed by atoms with van der Waals surface area (Å²) in [5, 5.41) is 13.5. The molecule has 5 nitrogen and oxygen atoms in total.